The fraction of sp³-hybridized carbons (Fsp3) is 0.250. The van der Waals surface area contributed by atoms with Crippen LogP contribution in [-0.2, 0) is 4.79 Å². The zero-order valence-corrected chi connectivity index (χ0v) is 17.9. The molecular weight excluding hydrogens is 414 g/mol. The normalized spacial score (nSPS) is 15.5. The average molecular weight is 436 g/mol. The third-order valence-corrected chi connectivity index (χ3v) is 6.30. The van der Waals surface area contributed by atoms with E-state index in [4.69, 9.17) is 16.0 Å². The van der Waals surface area contributed by atoms with E-state index in [0.29, 0.717) is 37.0 Å². The predicted octanol–water partition coefficient (Wildman–Crippen LogP) is 4.66. The van der Waals surface area contributed by atoms with Crippen LogP contribution in [0.3, 0.4) is 0 Å². The number of benzene rings is 2. The number of furan rings is 1. The smallest absolute Gasteiger partial charge is 0.289 e. The van der Waals surface area contributed by atoms with Gasteiger partial charge in [0.15, 0.2) is 5.76 Å². The molecule has 7 heteroatoms. The van der Waals surface area contributed by atoms with Crippen LogP contribution in [0.15, 0.2) is 59.2 Å². The molecule has 2 aromatic heterocycles. The van der Waals surface area contributed by atoms with Gasteiger partial charge in [-0.15, -0.1) is 0 Å². The predicted molar refractivity (Wildman–Crippen MR) is 120 cm³/mol. The SMILES string of the molecule is C[C@@H](C(=O)N1CCN(C(=O)c2ccco2)CC1)c1ccc2c(c1)[nH]c1ccc(Cl)cc12. The lowest BCUT2D eigenvalue weighted by Gasteiger charge is -2.35. The molecule has 2 aromatic carbocycles. The zero-order chi connectivity index (χ0) is 21.5. The van der Waals surface area contributed by atoms with Crippen LogP contribution in [0.4, 0.5) is 0 Å². The summed E-state index contributed by atoms with van der Waals surface area (Å²) in [7, 11) is 0. The number of nitrogens with one attached hydrogen (secondary N) is 1. The first-order chi connectivity index (χ1) is 15.0. The molecule has 2 amide bonds. The number of carbonyl (C=O) groups excluding carboxylic acids is 2. The first-order valence-electron chi connectivity index (χ1n) is 10.3. The molecule has 0 radical (unpaired) electrons. The van der Waals surface area contributed by atoms with Gasteiger partial charge in [0.25, 0.3) is 5.91 Å². The second-order valence-corrected chi connectivity index (χ2v) is 8.37. The molecule has 1 aliphatic heterocycles. The molecule has 5 rings (SSSR count). The highest BCUT2D eigenvalue weighted by atomic mass is 35.5. The van der Waals surface area contributed by atoms with Gasteiger partial charge in [0.1, 0.15) is 0 Å². The largest absolute Gasteiger partial charge is 0.459 e. The zero-order valence-electron chi connectivity index (χ0n) is 17.1. The van der Waals surface area contributed by atoms with Crippen molar-refractivity contribution < 1.29 is 14.0 Å². The van der Waals surface area contributed by atoms with Crippen molar-refractivity contribution in [3.8, 4) is 0 Å². The van der Waals surface area contributed by atoms with Crippen molar-refractivity contribution >= 4 is 45.2 Å². The van der Waals surface area contributed by atoms with E-state index in [2.05, 4.69) is 4.98 Å². The fourth-order valence-corrected chi connectivity index (χ4v) is 4.44. The monoisotopic (exact) mass is 435 g/mol. The van der Waals surface area contributed by atoms with Crippen molar-refractivity contribution in [2.24, 2.45) is 0 Å². The van der Waals surface area contributed by atoms with Crippen LogP contribution < -0.4 is 0 Å². The number of aromatic amines is 1. The third-order valence-electron chi connectivity index (χ3n) is 6.07. The minimum absolute atomic E-state index is 0.0728. The van der Waals surface area contributed by atoms with Crippen molar-refractivity contribution in [2.75, 3.05) is 26.2 Å². The van der Waals surface area contributed by atoms with Crippen molar-refractivity contribution in [3.05, 3.63) is 71.1 Å². The van der Waals surface area contributed by atoms with E-state index in [9.17, 15) is 9.59 Å². The number of halogens is 1. The molecule has 6 nitrogen and oxygen atoms in total. The maximum Gasteiger partial charge on any atom is 0.289 e. The van der Waals surface area contributed by atoms with Gasteiger partial charge in [-0.1, -0.05) is 23.7 Å². The van der Waals surface area contributed by atoms with E-state index in [0.717, 1.165) is 27.4 Å². The fourth-order valence-electron chi connectivity index (χ4n) is 4.27. The standard InChI is InChI=1S/C24H22ClN3O3/c1-15(16-4-6-18-19-14-17(25)5-7-20(19)26-21(18)13-16)23(29)27-8-10-28(11-9-27)24(30)22-3-2-12-31-22/h2-7,12-15,26H,8-11H2,1H3/t15-/m1/s1. The van der Waals surface area contributed by atoms with Crippen LogP contribution in [0.5, 0.6) is 0 Å². The van der Waals surface area contributed by atoms with Crippen molar-refractivity contribution in [2.45, 2.75) is 12.8 Å². The summed E-state index contributed by atoms with van der Waals surface area (Å²) >= 11 is 6.15. The average Bonchev–Trinajstić information content (AvgIpc) is 3.45. The van der Waals surface area contributed by atoms with Gasteiger partial charge in [-0.2, -0.15) is 0 Å². The van der Waals surface area contributed by atoms with Crippen molar-refractivity contribution in [1.82, 2.24) is 14.8 Å². The lowest BCUT2D eigenvalue weighted by molar-refractivity contribution is -0.133. The van der Waals surface area contributed by atoms with Gasteiger partial charge in [0.2, 0.25) is 5.91 Å². The summed E-state index contributed by atoms with van der Waals surface area (Å²) in [5, 5.41) is 2.86. The van der Waals surface area contributed by atoms with Gasteiger partial charge >= 0.3 is 0 Å². The molecule has 0 spiro atoms. The summed E-state index contributed by atoms with van der Waals surface area (Å²) in [4.78, 5) is 32.5. The number of piperazine rings is 1. The van der Waals surface area contributed by atoms with E-state index >= 15 is 0 Å². The number of H-pyrrole nitrogens is 1. The molecule has 1 N–H and O–H groups in total. The van der Waals surface area contributed by atoms with E-state index in [-0.39, 0.29) is 17.7 Å². The Bertz CT molecular complexity index is 1270. The second-order valence-electron chi connectivity index (χ2n) is 7.94. The molecule has 158 valence electrons. The highest BCUT2D eigenvalue weighted by molar-refractivity contribution is 6.31. The van der Waals surface area contributed by atoms with Crippen LogP contribution in [0.2, 0.25) is 5.02 Å². The Hall–Kier alpha value is -3.25. The van der Waals surface area contributed by atoms with E-state index < -0.39 is 0 Å². The molecule has 1 aliphatic rings. The summed E-state index contributed by atoms with van der Waals surface area (Å²) in [6, 6.07) is 15.2. The molecule has 1 atom stereocenters. The number of aromatic nitrogens is 1. The molecule has 0 bridgehead atoms. The number of fused-ring (bicyclic) bond motifs is 3. The molecule has 0 unspecified atom stereocenters. The number of amides is 2. The van der Waals surface area contributed by atoms with Gasteiger partial charge in [-0.05, 0) is 48.9 Å². The Morgan fingerprint density at radius 3 is 2.48 bits per heavy atom. The Balaban J connectivity index is 1.30. The minimum Gasteiger partial charge on any atom is -0.459 e. The summed E-state index contributed by atoms with van der Waals surface area (Å²) in [6.45, 7) is 3.97. The van der Waals surface area contributed by atoms with Gasteiger partial charge < -0.3 is 19.2 Å². The molecule has 0 aliphatic carbocycles. The highest BCUT2D eigenvalue weighted by Crippen LogP contribution is 2.30. The van der Waals surface area contributed by atoms with Gasteiger partial charge in [0, 0.05) is 53.0 Å². The Morgan fingerprint density at radius 1 is 0.968 bits per heavy atom. The summed E-state index contributed by atoms with van der Waals surface area (Å²) < 4.78 is 5.20. The van der Waals surface area contributed by atoms with Crippen LogP contribution in [0.1, 0.15) is 29.0 Å². The first kappa shape index (κ1) is 19.7. The maximum absolute atomic E-state index is 13.1. The lowest BCUT2D eigenvalue weighted by Crippen LogP contribution is -2.51. The van der Waals surface area contributed by atoms with Crippen LogP contribution in [0, 0.1) is 0 Å². The molecule has 1 fully saturated rings. The molecule has 0 saturated carbocycles. The van der Waals surface area contributed by atoms with Crippen molar-refractivity contribution in [3.63, 3.8) is 0 Å². The van der Waals surface area contributed by atoms with E-state index in [1.807, 2.05) is 48.2 Å². The van der Waals surface area contributed by atoms with Gasteiger partial charge in [-0.3, -0.25) is 9.59 Å². The van der Waals surface area contributed by atoms with E-state index in [1.165, 1.54) is 6.26 Å². The quantitative estimate of drug-likeness (QED) is 0.509. The summed E-state index contributed by atoms with van der Waals surface area (Å²) in [5.74, 6) is 0.00547. The minimum atomic E-state index is -0.272. The molecular formula is C24H22ClN3O3. The second kappa shape index (κ2) is 7.78. The molecule has 3 heterocycles. The molecule has 1 saturated heterocycles. The maximum atomic E-state index is 13.1. The number of rotatable bonds is 3. The Labute approximate surface area is 184 Å². The van der Waals surface area contributed by atoms with Crippen LogP contribution in [-0.4, -0.2) is 52.8 Å². The number of hydrogen-bond acceptors (Lipinski definition) is 3. The van der Waals surface area contributed by atoms with Gasteiger partial charge in [-0.25, -0.2) is 0 Å². The number of nitrogens with zero attached hydrogens (tertiary/aromatic N) is 2. The Kier molecular flexibility index (Phi) is 4.94. The first-order valence-corrected chi connectivity index (χ1v) is 10.7. The topological polar surface area (TPSA) is 69.6 Å². The number of hydrogen-bond donors (Lipinski definition) is 1. The van der Waals surface area contributed by atoms with E-state index in [1.54, 1.807) is 17.0 Å². The Morgan fingerprint density at radius 2 is 1.74 bits per heavy atom. The molecule has 4 aromatic rings. The van der Waals surface area contributed by atoms with Crippen molar-refractivity contribution in [1.29, 1.82) is 0 Å². The summed E-state index contributed by atoms with van der Waals surface area (Å²) in [6.07, 6.45) is 1.49. The summed E-state index contributed by atoms with van der Waals surface area (Å²) in [5.41, 5.74) is 2.97. The number of carbonyl (C=O) groups is 2. The van der Waals surface area contributed by atoms with Gasteiger partial charge in [0.05, 0.1) is 12.2 Å². The van der Waals surface area contributed by atoms with Crippen LogP contribution >= 0.6 is 11.6 Å². The lowest BCUT2D eigenvalue weighted by atomic mass is 9.97. The third kappa shape index (κ3) is 3.57. The molecule has 31 heavy (non-hydrogen) atoms. The van der Waals surface area contributed by atoms with Crippen LogP contribution in [0.25, 0.3) is 21.8 Å². The highest BCUT2D eigenvalue weighted by Gasteiger charge is 2.29.